The SMILES string of the molecule is O=C(CBr)c1ccc(OC(=O)C2CCC2)cc1. The molecule has 17 heavy (non-hydrogen) atoms. The van der Waals surface area contributed by atoms with E-state index >= 15 is 0 Å². The summed E-state index contributed by atoms with van der Waals surface area (Å²) >= 11 is 3.11. The van der Waals surface area contributed by atoms with Crippen LogP contribution < -0.4 is 4.74 Å². The highest BCUT2D eigenvalue weighted by molar-refractivity contribution is 9.09. The van der Waals surface area contributed by atoms with Crippen molar-refractivity contribution in [2.45, 2.75) is 19.3 Å². The zero-order valence-corrected chi connectivity index (χ0v) is 10.9. The van der Waals surface area contributed by atoms with Crippen molar-refractivity contribution >= 4 is 27.7 Å². The lowest BCUT2D eigenvalue weighted by Gasteiger charge is -2.22. The Kier molecular flexibility index (Phi) is 3.94. The average molecular weight is 297 g/mol. The number of carbonyl (C=O) groups excluding carboxylic acids is 2. The highest BCUT2D eigenvalue weighted by Gasteiger charge is 2.27. The molecule has 4 heteroatoms. The molecule has 0 bridgehead atoms. The first-order valence-corrected chi connectivity index (χ1v) is 6.74. The summed E-state index contributed by atoms with van der Waals surface area (Å²) in [5.41, 5.74) is 0.616. The molecule has 1 fully saturated rings. The van der Waals surface area contributed by atoms with E-state index in [0.29, 0.717) is 16.6 Å². The molecule has 0 unspecified atom stereocenters. The Labute approximate surface area is 108 Å². The molecular formula is C13H13BrO3. The van der Waals surface area contributed by atoms with Crippen LogP contribution in [0.1, 0.15) is 29.6 Å². The molecule has 0 aromatic heterocycles. The number of hydrogen-bond acceptors (Lipinski definition) is 3. The minimum absolute atomic E-state index is 0.0156. The quantitative estimate of drug-likeness (QED) is 0.371. The summed E-state index contributed by atoms with van der Waals surface area (Å²) in [6.07, 6.45) is 2.97. The molecule has 2 rings (SSSR count). The standard InChI is InChI=1S/C13H13BrO3/c14-8-12(15)9-4-6-11(7-5-9)17-13(16)10-2-1-3-10/h4-7,10H,1-3,8H2. The van der Waals surface area contributed by atoms with Gasteiger partial charge in [0, 0.05) is 5.56 Å². The number of halogens is 1. The van der Waals surface area contributed by atoms with Gasteiger partial charge in [-0.2, -0.15) is 0 Å². The molecule has 0 spiro atoms. The van der Waals surface area contributed by atoms with Crippen molar-refractivity contribution in [3.05, 3.63) is 29.8 Å². The van der Waals surface area contributed by atoms with Gasteiger partial charge in [-0.05, 0) is 37.1 Å². The van der Waals surface area contributed by atoms with E-state index in [0.717, 1.165) is 19.3 Å². The number of carbonyl (C=O) groups is 2. The van der Waals surface area contributed by atoms with Gasteiger partial charge in [-0.1, -0.05) is 22.4 Å². The minimum Gasteiger partial charge on any atom is -0.426 e. The van der Waals surface area contributed by atoms with Crippen LogP contribution in [0.25, 0.3) is 0 Å². The van der Waals surface area contributed by atoms with Crippen LogP contribution in [0.5, 0.6) is 5.75 Å². The van der Waals surface area contributed by atoms with Crippen LogP contribution >= 0.6 is 15.9 Å². The molecule has 0 heterocycles. The van der Waals surface area contributed by atoms with Crippen molar-refractivity contribution in [2.75, 3.05) is 5.33 Å². The molecular weight excluding hydrogens is 284 g/mol. The predicted octanol–water partition coefficient (Wildman–Crippen LogP) is 2.97. The average Bonchev–Trinajstić information content (AvgIpc) is 2.26. The van der Waals surface area contributed by atoms with Crippen LogP contribution in [0.2, 0.25) is 0 Å². The monoisotopic (exact) mass is 296 g/mol. The summed E-state index contributed by atoms with van der Waals surface area (Å²) in [5, 5.41) is 0.300. The second kappa shape index (κ2) is 5.45. The highest BCUT2D eigenvalue weighted by Crippen LogP contribution is 2.28. The maximum absolute atomic E-state index is 11.6. The van der Waals surface area contributed by atoms with Crippen molar-refractivity contribution in [1.82, 2.24) is 0 Å². The summed E-state index contributed by atoms with van der Waals surface area (Å²) in [6, 6.07) is 6.67. The Bertz CT molecular complexity index is 421. The molecule has 1 aliphatic carbocycles. The van der Waals surface area contributed by atoms with Crippen molar-refractivity contribution in [2.24, 2.45) is 5.92 Å². The second-order valence-electron chi connectivity index (χ2n) is 4.13. The van der Waals surface area contributed by atoms with Crippen molar-refractivity contribution in [3.63, 3.8) is 0 Å². The van der Waals surface area contributed by atoms with Crippen LogP contribution in [0, 0.1) is 5.92 Å². The Morgan fingerprint density at radius 2 is 1.88 bits per heavy atom. The number of Topliss-reactive ketones (excluding diaryl/α,β-unsaturated/α-hetero) is 1. The fourth-order valence-electron chi connectivity index (χ4n) is 1.63. The lowest BCUT2D eigenvalue weighted by Crippen LogP contribution is -2.26. The van der Waals surface area contributed by atoms with Gasteiger partial charge in [0.25, 0.3) is 0 Å². The first kappa shape index (κ1) is 12.3. The fraction of sp³-hybridized carbons (Fsp3) is 0.385. The van der Waals surface area contributed by atoms with Crippen LogP contribution in [0.15, 0.2) is 24.3 Å². The topological polar surface area (TPSA) is 43.4 Å². The number of hydrogen-bond donors (Lipinski definition) is 0. The molecule has 1 saturated carbocycles. The third kappa shape index (κ3) is 2.94. The van der Waals surface area contributed by atoms with Crippen LogP contribution in [-0.2, 0) is 4.79 Å². The molecule has 0 atom stereocenters. The van der Waals surface area contributed by atoms with Gasteiger partial charge in [-0.15, -0.1) is 0 Å². The lowest BCUT2D eigenvalue weighted by molar-refractivity contribution is -0.141. The smallest absolute Gasteiger partial charge is 0.314 e. The van der Waals surface area contributed by atoms with Crippen molar-refractivity contribution < 1.29 is 14.3 Å². The molecule has 0 saturated heterocycles. The van der Waals surface area contributed by atoms with E-state index in [1.165, 1.54) is 0 Å². The molecule has 3 nitrogen and oxygen atoms in total. The number of benzene rings is 1. The second-order valence-corrected chi connectivity index (χ2v) is 4.69. The van der Waals surface area contributed by atoms with Crippen molar-refractivity contribution in [1.29, 1.82) is 0 Å². The van der Waals surface area contributed by atoms with Gasteiger partial charge in [0.15, 0.2) is 5.78 Å². The summed E-state index contributed by atoms with van der Waals surface area (Å²) in [4.78, 5) is 22.9. The van der Waals surface area contributed by atoms with E-state index in [-0.39, 0.29) is 17.7 Å². The molecule has 0 amide bonds. The van der Waals surface area contributed by atoms with E-state index in [1.54, 1.807) is 24.3 Å². The number of ether oxygens (including phenoxy) is 1. The molecule has 1 aliphatic rings. The van der Waals surface area contributed by atoms with Gasteiger partial charge in [0.05, 0.1) is 11.2 Å². The van der Waals surface area contributed by atoms with Crippen LogP contribution in [0.3, 0.4) is 0 Å². The molecule has 1 aromatic rings. The summed E-state index contributed by atoms with van der Waals surface area (Å²) in [7, 11) is 0. The largest absolute Gasteiger partial charge is 0.426 e. The van der Waals surface area contributed by atoms with E-state index in [9.17, 15) is 9.59 Å². The number of ketones is 1. The number of esters is 1. The Morgan fingerprint density at radius 3 is 2.35 bits per heavy atom. The van der Waals surface area contributed by atoms with Crippen LogP contribution in [-0.4, -0.2) is 17.1 Å². The zero-order valence-electron chi connectivity index (χ0n) is 9.32. The van der Waals surface area contributed by atoms with Gasteiger partial charge in [-0.3, -0.25) is 9.59 Å². The summed E-state index contributed by atoms with van der Waals surface area (Å²) < 4.78 is 5.22. The lowest BCUT2D eigenvalue weighted by atomic mass is 9.86. The number of rotatable bonds is 4. The molecule has 1 aromatic carbocycles. The van der Waals surface area contributed by atoms with E-state index in [2.05, 4.69) is 15.9 Å². The van der Waals surface area contributed by atoms with Gasteiger partial charge >= 0.3 is 5.97 Å². The van der Waals surface area contributed by atoms with Gasteiger partial charge in [-0.25, -0.2) is 0 Å². The molecule has 0 radical (unpaired) electrons. The minimum atomic E-state index is -0.157. The molecule has 0 aliphatic heterocycles. The zero-order chi connectivity index (χ0) is 12.3. The Morgan fingerprint density at radius 1 is 1.24 bits per heavy atom. The normalized spacial score (nSPS) is 15.1. The highest BCUT2D eigenvalue weighted by atomic mass is 79.9. The third-order valence-corrected chi connectivity index (χ3v) is 3.46. The summed E-state index contributed by atoms with van der Waals surface area (Å²) in [6.45, 7) is 0. The first-order valence-electron chi connectivity index (χ1n) is 5.61. The van der Waals surface area contributed by atoms with E-state index in [4.69, 9.17) is 4.74 Å². The van der Waals surface area contributed by atoms with E-state index < -0.39 is 0 Å². The van der Waals surface area contributed by atoms with Gasteiger partial charge < -0.3 is 4.74 Å². The van der Waals surface area contributed by atoms with Crippen molar-refractivity contribution in [3.8, 4) is 5.75 Å². The Hall–Kier alpha value is -1.16. The van der Waals surface area contributed by atoms with E-state index in [1.807, 2.05) is 0 Å². The van der Waals surface area contributed by atoms with Gasteiger partial charge in [0.2, 0.25) is 0 Å². The van der Waals surface area contributed by atoms with Gasteiger partial charge in [0.1, 0.15) is 5.75 Å². The Balaban J connectivity index is 1.97. The third-order valence-electron chi connectivity index (χ3n) is 2.95. The predicted molar refractivity (Wildman–Crippen MR) is 67.5 cm³/mol. The number of alkyl halides is 1. The first-order chi connectivity index (χ1) is 8.20. The van der Waals surface area contributed by atoms with Crippen LogP contribution in [0.4, 0.5) is 0 Å². The maximum Gasteiger partial charge on any atom is 0.314 e. The maximum atomic E-state index is 11.6. The molecule has 0 N–H and O–H groups in total. The fourth-order valence-corrected chi connectivity index (χ4v) is 1.95. The summed E-state index contributed by atoms with van der Waals surface area (Å²) in [5.74, 6) is 0.435. The molecule has 90 valence electrons.